The van der Waals surface area contributed by atoms with E-state index in [0.29, 0.717) is 44.8 Å². The largest absolute Gasteiger partial charge is 0.481 e. The molecule has 0 bridgehead atoms. The standard InChI is InChI=1S/C43H38N8O8S2/c1-2-43(56)32-20-36-38-25(22-50(36)39(54)31(32)23-59-40(43)55)18-30-33(47-38)15-8-16-34(30)48-42(60)51(28-12-4-3-5-13-28)35(21-37(52)53)24-9-6-11-27(17-24)49-61(57,58)29-14-7-10-26(19-29)46-41(44)45/h3-20,35,49,56H,2,21-23H2,1H3,(H,48,60)(H,52,53)(H4,44,45,46)/t35?,43-/m0/s1. The van der Waals surface area contributed by atoms with E-state index in [1.54, 1.807) is 95.3 Å². The van der Waals surface area contributed by atoms with Crippen LogP contribution in [0.1, 0.15) is 48.1 Å². The van der Waals surface area contributed by atoms with Gasteiger partial charge in [-0.2, -0.15) is 0 Å². The Morgan fingerprint density at radius 3 is 2.51 bits per heavy atom. The molecule has 4 aromatic carbocycles. The van der Waals surface area contributed by atoms with Crippen LogP contribution in [0.4, 0.5) is 22.7 Å². The molecule has 16 nitrogen and oxygen atoms in total. The van der Waals surface area contributed by atoms with Gasteiger partial charge in [-0.25, -0.2) is 23.2 Å². The molecule has 0 radical (unpaired) electrons. The third-order valence-corrected chi connectivity index (χ3v) is 12.3. The smallest absolute Gasteiger partial charge is 0.343 e. The van der Waals surface area contributed by atoms with Crippen molar-refractivity contribution in [1.82, 2.24) is 9.55 Å². The second kappa shape index (κ2) is 15.8. The number of sulfonamides is 1. The molecule has 6 aromatic rings. The van der Waals surface area contributed by atoms with E-state index in [2.05, 4.69) is 15.0 Å². The lowest BCUT2D eigenvalue weighted by molar-refractivity contribution is -0.172. The van der Waals surface area contributed by atoms with Gasteiger partial charge in [-0.15, -0.1) is 0 Å². The summed E-state index contributed by atoms with van der Waals surface area (Å²) in [5.74, 6) is -2.18. The number of carboxylic acids is 1. The number of carboxylic acid groups (broad SMARTS) is 1. The average Bonchev–Trinajstić information content (AvgIpc) is 3.59. The quantitative estimate of drug-likeness (QED) is 0.0424. The molecule has 2 aliphatic heterocycles. The molecule has 0 aliphatic carbocycles. The lowest BCUT2D eigenvalue weighted by Crippen LogP contribution is -2.44. The minimum absolute atomic E-state index is 0.0178. The summed E-state index contributed by atoms with van der Waals surface area (Å²) in [6.07, 6.45) is -0.414. The molecule has 2 aromatic heterocycles. The number of ether oxygens (including phenoxy) is 1. The van der Waals surface area contributed by atoms with Gasteiger partial charge in [-0.1, -0.05) is 49.4 Å². The van der Waals surface area contributed by atoms with E-state index in [0.717, 1.165) is 0 Å². The first-order valence-electron chi connectivity index (χ1n) is 19.0. The number of guanidine groups is 1. The van der Waals surface area contributed by atoms with Gasteiger partial charge in [-0.3, -0.25) is 14.3 Å². The molecule has 4 heterocycles. The van der Waals surface area contributed by atoms with Gasteiger partial charge in [-0.05, 0) is 90.9 Å². The molecule has 18 heteroatoms. The number of fused-ring (bicyclic) bond motifs is 5. The van der Waals surface area contributed by atoms with Crippen LogP contribution in [-0.4, -0.2) is 51.2 Å². The number of aliphatic carboxylic acids is 1. The molecular formula is C43H38N8O8S2. The Hall–Kier alpha value is -7.15. The van der Waals surface area contributed by atoms with Crippen molar-refractivity contribution in [2.75, 3.05) is 14.9 Å². The monoisotopic (exact) mass is 858 g/mol. The van der Waals surface area contributed by atoms with Crippen LogP contribution in [0, 0.1) is 0 Å². The van der Waals surface area contributed by atoms with Crippen molar-refractivity contribution in [3.05, 3.63) is 142 Å². The molecule has 8 rings (SSSR count). The van der Waals surface area contributed by atoms with Gasteiger partial charge >= 0.3 is 11.9 Å². The number of nitrogens with two attached hydrogens (primary N) is 2. The van der Waals surface area contributed by atoms with E-state index in [1.165, 1.54) is 18.2 Å². The summed E-state index contributed by atoms with van der Waals surface area (Å²) in [6.45, 7) is 1.57. The van der Waals surface area contributed by atoms with Crippen molar-refractivity contribution >= 4 is 78.9 Å². The predicted molar refractivity (Wildman–Crippen MR) is 234 cm³/mol. The highest BCUT2D eigenvalue weighted by molar-refractivity contribution is 7.92. The first kappa shape index (κ1) is 40.6. The fourth-order valence-corrected chi connectivity index (χ4v) is 9.16. The first-order chi connectivity index (χ1) is 29.2. The molecule has 0 saturated heterocycles. The Morgan fingerprint density at radius 2 is 1.77 bits per heavy atom. The number of anilines is 3. The van der Waals surface area contributed by atoms with Crippen molar-refractivity contribution in [2.24, 2.45) is 16.5 Å². The van der Waals surface area contributed by atoms with Crippen LogP contribution in [0.2, 0.25) is 0 Å². The number of cyclic esters (lactones) is 1. The van der Waals surface area contributed by atoms with Crippen molar-refractivity contribution in [1.29, 1.82) is 0 Å². The highest BCUT2D eigenvalue weighted by Crippen LogP contribution is 2.40. The summed E-state index contributed by atoms with van der Waals surface area (Å²) in [4.78, 5) is 49.4. The summed E-state index contributed by atoms with van der Waals surface area (Å²) in [5, 5.41) is 25.6. The molecule has 0 saturated carbocycles. The zero-order valence-electron chi connectivity index (χ0n) is 32.4. The van der Waals surface area contributed by atoms with Gasteiger partial charge < -0.3 is 41.2 Å². The maximum Gasteiger partial charge on any atom is 0.343 e. The predicted octanol–water partition coefficient (Wildman–Crippen LogP) is 5.20. The average molecular weight is 859 g/mol. The van der Waals surface area contributed by atoms with E-state index in [1.807, 2.05) is 12.1 Å². The number of rotatable bonds is 11. The van der Waals surface area contributed by atoms with Crippen molar-refractivity contribution in [3.8, 4) is 11.4 Å². The fraction of sp³-hybridized carbons (Fsp3) is 0.163. The number of nitrogens with one attached hydrogen (secondary N) is 2. The number of carbonyl (C=O) groups is 2. The third kappa shape index (κ3) is 7.63. The molecular weight excluding hydrogens is 821 g/mol. The normalized spacial score (nSPS) is 15.7. The highest BCUT2D eigenvalue weighted by Gasteiger charge is 2.45. The number of esters is 1. The lowest BCUT2D eigenvalue weighted by Gasteiger charge is -2.34. The summed E-state index contributed by atoms with van der Waals surface area (Å²) in [6, 6.07) is 29.1. The summed E-state index contributed by atoms with van der Waals surface area (Å²) >= 11 is 6.09. The van der Waals surface area contributed by atoms with E-state index in [4.69, 9.17) is 33.4 Å². The van der Waals surface area contributed by atoms with E-state index < -0.39 is 40.0 Å². The SMILES string of the molecule is CC[C@@]1(O)C(=O)OCc2c1cc1n(c2=O)Cc2cc3c(NC(=S)N(c4ccccc4)C(CC(=O)O)c4cccc(NS(=O)(=O)c5cccc(N=C(N)N)c5)c4)cccc3nc2-1. The zero-order chi connectivity index (χ0) is 43.2. The number of benzene rings is 4. The minimum atomic E-state index is -4.15. The number of para-hydroxylation sites is 1. The molecule has 0 spiro atoms. The summed E-state index contributed by atoms with van der Waals surface area (Å²) in [7, 11) is -4.15. The Labute approximate surface area is 354 Å². The van der Waals surface area contributed by atoms with Crippen LogP contribution < -0.4 is 32.0 Å². The number of carbonyl (C=O) groups excluding carboxylic acids is 1. The van der Waals surface area contributed by atoms with Crippen LogP contribution in [0.5, 0.6) is 0 Å². The number of nitrogens with zero attached hydrogens (tertiary/aromatic N) is 4. The van der Waals surface area contributed by atoms with Crippen LogP contribution in [0.25, 0.3) is 22.3 Å². The van der Waals surface area contributed by atoms with Gasteiger partial charge in [0.25, 0.3) is 15.6 Å². The maximum atomic E-state index is 13.8. The maximum absolute atomic E-state index is 13.8. The van der Waals surface area contributed by atoms with Crippen LogP contribution in [0.15, 0.2) is 124 Å². The number of thiocarbonyl (C=S) groups is 1. The Kier molecular flexibility index (Phi) is 10.5. The second-order valence-corrected chi connectivity index (χ2v) is 16.6. The number of aliphatic imine (C=N–C) groups is 1. The molecule has 61 heavy (non-hydrogen) atoms. The van der Waals surface area contributed by atoms with E-state index >= 15 is 0 Å². The number of pyridine rings is 2. The van der Waals surface area contributed by atoms with Gasteiger partial charge in [0, 0.05) is 33.6 Å². The third-order valence-electron chi connectivity index (χ3n) is 10.6. The van der Waals surface area contributed by atoms with E-state index in [-0.39, 0.29) is 63.6 Å². The lowest BCUT2D eigenvalue weighted by atomic mass is 9.86. The Balaban J connectivity index is 1.15. The van der Waals surface area contributed by atoms with Crippen molar-refractivity contribution in [3.63, 3.8) is 0 Å². The number of hydrogen-bond donors (Lipinski definition) is 6. The van der Waals surface area contributed by atoms with Gasteiger partial charge in [0.15, 0.2) is 16.7 Å². The molecule has 310 valence electrons. The Bertz CT molecular complexity index is 2990. The molecule has 2 atom stereocenters. The van der Waals surface area contributed by atoms with Crippen molar-refractivity contribution in [2.45, 2.75) is 49.5 Å². The van der Waals surface area contributed by atoms with E-state index in [9.17, 15) is 33.0 Å². The molecule has 2 aliphatic rings. The summed E-state index contributed by atoms with van der Waals surface area (Å²) < 4.78 is 36.4. The van der Waals surface area contributed by atoms with Crippen LogP contribution in [0.3, 0.4) is 0 Å². The van der Waals surface area contributed by atoms with Crippen molar-refractivity contribution < 1.29 is 33.0 Å². The topological polar surface area (TPSA) is 245 Å². The number of hydrogen-bond acceptors (Lipinski definition) is 10. The van der Waals surface area contributed by atoms with Gasteiger partial charge in [0.05, 0.1) is 52.1 Å². The molecule has 0 fully saturated rings. The zero-order valence-corrected chi connectivity index (χ0v) is 34.0. The fourth-order valence-electron chi connectivity index (χ4n) is 7.73. The van der Waals surface area contributed by atoms with Crippen LogP contribution >= 0.6 is 12.2 Å². The summed E-state index contributed by atoms with van der Waals surface area (Å²) in [5.41, 5.74) is 13.2. The molecule has 1 unspecified atom stereocenters. The van der Waals surface area contributed by atoms with Gasteiger partial charge in [0.2, 0.25) is 0 Å². The van der Waals surface area contributed by atoms with Gasteiger partial charge in [0.1, 0.15) is 6.61 Å². The Morgan fingerprint density at radius 1 is 1.02 bits per heavy atom. The minimum Gasteiger partial charge on any atom is -0.481 e. The number of aromatic nitrogens is 2. The molecule has 0 amide bonds. The number of aliphatic hydroxyl groups is 1. The van der Waals surface area contributed by atoms with Crippen LogP contribution in [-0.2, 0) is 43.1 Å². The second-order valence-electron chi connectivity index (χ2n) is 14.5. The molecule has 8 N–H and O–H groups in total. The highest BCUT2D eigenvalue weighted by atomic mass is 32.2. The first-order valence-corrected chi connectivity index (χ1v) is 20.9.